The van der Waals surface area contributed by atoms with E-state index in [9.17, 15) is 10.1 Å². The number of hydrogen-bond acceptors (Lipinski definition) is 5. The number of ether oxygens (including phenoxy) is 1. The number of nitrogens with one attached hydrogen (secondary N) is 1. The molecule has 0 unspecified atom stereocenters. The van der Waals surface area contributed by atoms with Crippen LogP contribution in [0.2, 0.25) is 5.02 Å². The molecule has 0 radical (unpaired) electrons. The summed E-state index contributed by atoms with van der Waals surface area (Å²) in [5.41, 5.74) is 0.734. The Hall–Kier alpha value is -2.18. The summed E-state index contributed by atoms with van der Waals surface area (Å²) in [5, 5.41) is 14.2. The fourth-order valence-corrected chi connectivity index (χ4v) is 1.81. The molecule has 0 saturated heterocycles. The Morgan fingerprint density at radius 3 is 2.95 bits per heavy atom. The van der Waals surface area contributed by atoms with Crippen molar-refractivity contribution in [3.8, 4) is 11.6 Å². The van der Waals surface area contributed by atoms with Crippen molar-refractivity contribution in [1.29, 1.82) is 0 Å². The Bertz CT molecular complexity index is 634. The smallest absolute Gasteiger partial charge is 0.332 e. The number of halogens is 1. The molecule has 0 saturated carbocycles. The van der Waals surface area contributed by atoms with Crippen LogP contribution in [0.5, 0.6) is 11.6 Å². The molecule has 6 nitrogen and oxygen atoms in total. The van der Waals surface area contributed by atoms with Gasteiger partial charge < -0.3 is 10.1 Å². The lowest BCUT2D eigenvalue weighted by molar-refractivity contribution is -0.386. The SMILES string of the molecule is CNCc1cccc(Oc2ncc(Cl)cc2[N+](=O)[O-])c1. The van der Waals surface area contributed by atoms with Crippen molar-refractivity contribution in [3.63, 3.8) is 0 Å². The number of hydrogen-bond donors (Lipinski definition) is 1. The van der Waals surface area contributed by atoms with Gasteiger partial charge in [-0.25, -0.2) is 4.98 Å². The molecule has 0 spiro atoms. The largest absolute Gasteiger partial charge is 0.434 e. The first-order valence-corrected chi connectivity index (χ1v) is 6.19. The molecule has 0 aliphatic heterocycles. The van der Waals surface area contributed by atoms with Gasteiger partial charge in [-0.05, 0) is 24.7 Å². The molecule has 7 heteroatoms. The summed E-state index contributed by atoms with van der Waals surface area (Å²) < 4.78 is 5.47. The van der Waals surface area contributed by atoms with E-state index in [0.717, 1.165) is 5.56 Å². The van der Waals surface area contributed by atoms with Crippen LogP contribution in [0.3, 0.4) is 0 Å². The van der Waals surface area contributed by atoms with Crippen LogP contribution in [0, 0.1) is 10.1 Å². The molecule has 2 rings (SSSR count). The molecule has 0 aliphatic carbocycles. The lowest BCUT2D eigenvalue weighted by Crippen LogP contribution is -2.04. The second kappa shape index (κ2) is 6.31. The summed E-state index contributed by atoms with van der Waals surface area (Å²) in [6, 6.07) is 8.44. The first kappa shape index (κ1) is 14.2. The van der Waals surface area contributed by atoms with Crippen LogP contribution in [0.25, 0.3) is 0 Å². The van der Waals surface area contributed by atoms with Gasteiger partial charge >= 0.3 is 5.69 Å². The lowest BCUT2D eigenvalue weighted by Gasteiger charge is -2.07. The van der Waals surface area contributed by atoms with Gasteiger partial charge in [-0.15, -0.1) is 0 Å². The molecule has 104 valence electrons. The minimum atomic E-state index is -0.578. The average molecular weight is 294 g/mol. The average Bonchev–Trinajstić information content (AvgIpc) is 2.41. The zero-order chi connectivity index (χ0) is 14.5. The molecule has 0 aliphatic rings. The highest BCUT2D eigenvalue weighted by Crippen LogP contribution is 2.31. The van der Waals surface area contributed by atoms with E-state index in [1.807, 2.05) is 19.2 Å². The number of nitro groups is 1. The molecule has 1 aromatic carbocycles. The molecule has 0 amide bonds. The Labute approximate surface area is 120 Å². The summed E-state index contributed by atoms with van der Waals surface area (Å²) in [7, 11) is 1.83. The van der Waals surface area contributed by atoms with E-state index in [0.29, 0.717) is 12.3 Å². The van der Waals surface area contributed by atoms with Gasteiger partial charge in [0.05, 0.1) is 16.1 Å². The van der Waals surface area contributed by atoms with Gasteiger partial charge in [-0.2, -0.15) is 0 Å². The minimum absolute atomic E-state index is 0.0824. The third-order valence-corrected chi connectivity index (χ3v) is 2.70. The zero-order valence-electron chi connectivity index (χ0n) is 10.7. The molecule has 0 bridgehead atoms. The van der Waals surface area contributed by atoms with Gasteiger partial charge in [0.25, 0.3) is 5.88 Å². The highest BCUT2D eigenvalue weighted by atomic mass is 35.5. The highest BCUT2D eigenvalue weighted by molar-refractivity contribution is 6.30. The lowest BCUT2D eigenvalue weighted by atomic mass is 10.2. The van der Waals surface area contributed by atoms with Crippen LogP contribution in [-0.2, 0) is 6.54 Å². The van der Waals surface area contributed by atoms with Gasteiger partial charge in [0.1, 0.15) is 5.75 Å². The quantitative estimate of drug-likeness (QED) is 0.677. The van der Waals surface area contributed by atoms with Crippen molar-refractivity contribution in [2.75, 3.05) is 7.05 Å². The van der Waals surface area contributed by atoms with Crippen molar-refractivity contribution in [2.45, 2.75) is 6.54 Å². The van der Waals surface area contributed by atoms with Crippen LogP contribution >= 0.6 is 11.6 Å². The van der Waals surface area contributed by atoms with Crippen molar-refractivity contribution in [1.82, 2.24) is 10.3 Å². The maximum Gasteiger partial charge on any atom is 0.332 e. The van der Waals surface area contributed by atoms with Crippen LogP contribution in [0.1, 0.15) is 5.56 Å². The van der Waals surface area contributed by atoms with E-state index in [1.165, 1.54) is 12.3 Å². The van der Waals surface area contributed by atoms with Crippen molar-refractivity contribution in [2.24, 2.45) is 0 Å². The van der Waals surface area contributed by atoms with Gasteiger partial charge in [-0.3, -0.25) is 10.1 Å². The normalized spacial score (nSPS) is 10.3. The maximum absolute atomic E-state index is 11.0. The van der Waals surface area contributed by atoms with E-state index in [-0.39, 0.29) is 16.6 Å². The zero-order valence-corrected chi connectivity index (χ0v) is 11.4. The van der Waals surface area contributed by atoms with Crippen LogP contribution in [0.15, 0.2) is 36.5 Å². The molecule has 1 heterocycles. The second-order valence-corrected chi connectivity index (χ2v) is 4.45. The molecule has 2 aromatic rings. The van der Waals surface area contributed by atoms with Crippen molar-refractivity contribution < 1.29 is 9.66 Å². The number of benzene rings is 1. The summed E-state index contributed by atoms with van der Waals surface area (Å²) in [6.45, 7) is 0.674. The van der Waals surface area contributed by atoms with E-state index in [4.69, 9.17) is 16.3 Å². The molecular weight excluding hydrogens is 282 g/mol. The fourth-order valence-electron chi connectivity index (χ4n) is 1.66. The molecule has 1 N–H and O–H groups in total. The predicted octanol–water partition coefficient (Wildman–Crippen LogP) is 3.15. The number of rotatable bonds is 5. The van der Waals surface area contributed by atoms with Crippen molar-refractivity contribution >= 4 is 17.3 Å². The number of nitrogens with zero attached hydrogens (tertiary/aromatic N) is 2. The van der Waals surface area contributed by atoms with E-state index >= 15 is 0 Å². The summed E-state index contributed by atoms with van der Waals surface area (Å²) in [6.07, 6.45) is 1.31. The van der Waals surface area contributed by atoms with E-state index in [2.05, 4.69) is 10.3 Å². The summed E-state index contributed by atoms with van der Waals surface area (Å²) in [5.74, 6) is 0.400. The Morgan fingerprint density at radius 1 is 1.45 bits per heavy atom. The standard InChI is InChI=1S/C13H12ClN3O3/c1-15-7-9-3-2-4-11(5-9)20-13-12(17(18)19)6-10(14)8-16-13/h2-6,8,15H,7H2,1H3. The summed E-state index contributed by atoms with van der Waals surface area (Å²) in [4.78, 5) is 14.2. The van der Waals surface area contributed by atoms with Gasteiger partial charge in [0, 0.05) is 12.6 Å². The molecule has 1 aromatic heterocycles. The molecular formula is C13H12ClN3O3. The van der Waals surface area contributed by atoms with Crippen LogP contribution in [-0.4, -0.2) is 17.0 Å². The summed E-state index contributed by atoms with van der Waals surface area (Å²) >= 11 is 5.70. The van der Waals surface area contributed by atoms with E-state index in [1.54, 1.807) is 12.1 Å². The fraction of sp³-hybridized carbons (Fsp3) is 0.154. The van der Waals surface area contributed by atoms with Crippen molar-refractivity contribution in [3.05, 3.63) is 57.2 Å². The van der Waals surface area contributed by atoms with Gasteiger partial charge in [0.15, 0.2) is 0 Å². The number of pyridine rings is 1. The first-order valence-electron chi connectivity index (χ1n) is 5.81. The second-order valence-electron chi connectivity index (χ2n) is 4.01. The van der Waals surface area contributed by atoms with Crippen LogP contribution < -0.4 is 10.1 Å². The third kappa shape index (κ3) is 3.43. The third-order valence-electron chi connectivity index (χ3n) is 2.49. The monoisotopic (exact) mass is 293 g/mol. The number of aromatic nitrogens is 1. The minimum Gasteiger partial charge on any atom is -0.434 e. The molecule has 20 heavy (non-hydrogen) atoms. The predicted molar refractivity (Wildman–Crippen MR) is 75.2 cm³/mol. The molecule has 0 atom stereocenters. The topological polar surface area (TPSA) is 77.3 Å². The first-order chi connectivity index (χ1) is 9.60. The Morgan fingerprint density at radius 2 is 2.25 bits per heavy atom. The Kier molecular flexibility index (Phi) is 4.49. The Balaban J connectivity index is 2.30. The van der Waals surface area contributed by atoms with Gasteiger partial charge in [-0.1, -0.05) is 23.7 Å². The van der Waals surface area contributed by atoms with Gasteiger partial charge in [0.2, 0.25) is 0 Å². The molecule has 0 fully saturated rings. The highest BCUT2D eigenvalue weighted by Gasteiger charge is 2.18. The maximum atomic E-state index is 11.0. The van der Waals surface area contributed by atoms with E-state index < -0.39 is 4.92 Å². The van der Waals surface area contributed by atoms with Crippen LogP contribution in [0.4, 0.5) is 5.69 Å².